The highest BCUT2D eigenvalue weighted by atomic mass is 35.5. The predicted octanol–water partition coefficient (Wildman–Crippen LogP) is 6.84. The standard InChI is InChI=1S/C24H16ClNO5/c1-15-2-7-18(8-3-15)30-19-9-4-16(5-10-19)24(27)23-13-12-22(31-23)17-6-11-20(25)21(14-17)26(28)29/h2-14H,1H3. The van der Waals surface area contributed by atoms with Crippen molar-refractivity contribution in [3.8, 4) is 22.8 Å². The third-order valence-corrected chi connectivity index (χ3v) is 4.95. The number of furan rings is 1. The van der Waals surface area contributed by atoms with Gasteiger partial charge in [-0.15, -0.1) is 0 Å². The molecular formula is C24H16ClNO5. The lowest BCUT2D eigenvalue weighted by atomic mass is 10.1. The van der Waals surface area contributed by atoms with Crippen LogP contribution < -0.4 is 4.74 Å². The van der Waals surface area contributed by atoms with Gasteiger partial charge in [-0.05, 0) is 67.6 Å². The molecule has 0 saturated carbocycles. The number of nitro groups is 1. The first kappa shape index (κ1) is 20.4. The van der Waals surface area contributed by atoms with Gasteiger partial charge in [0, 0.05) is 17.2 Å². The summed E-state index contributed by atoms with van der Waals surface area (Å²) in [5, 5.41) is 11.1. The minimum atomic E-state index is -0.568. The second-order valence-corrected chi connectivity index (χ2v) is 7.26. The second-order valence-electron chi connectivity index (χ2n) is 6.86. The molecule has 0 N–H and O–H groups in total. The van der Waals surface area contributed by atoms with E-state index in [0.29, 0.717) is 28.4 Å². The van der Waals surface area contributed by atoms with Crippen LogP contribution >= 0.6 is 11.6 Å². The van der Waals surface area contributed by atoms with Gasteiger partial charge in [0.25, 0.3) is 5.69 Å². The van der Waals surface area contributed by atoms with Crippen LogP contribution in [-0.2, 0) is 0 Å². The van der Waals surface area contributed by atoms with Crippen LogP contribution in [0.25, 0.3) is 11.3 Å². The van der Waals surface area contributed by atoms with Crippen LogP contribution in [0.2, 0.25) is 5.02 Å². The zero-order valence-corrected chi connectivity index (χ0v) is 17.1. The zero-order valence-electron chi connectivity index (χ0n) is 16.4. The van der Waals surface area contributed by atoms with Crippen molar-refractivity contribution in [1.29, 1.82) is 0 Å². The summed E-state index contributed by atoms with van der Waals surface area (Å²) >= 11 is 5.85. The Hall–Kier alpha value is -3.90. The van der Waals surface area contributed by atoms with Crippen LogP contribution in [0.4, 0.5) is 5.69 Å². The molecule has 0 spiro atoms. The first-order chi connectivity index (χ1) is 14.9. The number of hydrogen-bond acceptors (Lipinski definition) is 5. The highest BCUT2D eigenvalue weighted by molar-refractivity contribution is 6.32. The molecule has 1 aromatic heterocycles. The zero-order chi connectivity index (χ0) is 22.0. The van der Waals surface area contributed by atoms with Crippen molar-refractivity contribution in [2.24, 2.45) is 0 Å². The lowest BCUT2D eigenvalue weighted by molar-refractivity contribution is -0.384. The van der Waals surface area contributed by atoms with Crippen LogP contribution in [0, 0.1) is 17.0 Å². The van der Waals surface area contributed by atoms with Crippen LogP contribution in [0.5, 0.6) is 11.5 Å². The van der Waals surface area contributed by atoms with Gasteiger partial charge in [-0.25, -0.2) is 0 Å². The van der Waals surface area contributed by atoms with Gasteiger partial charge in [-0.2, -0.15) is 0 Å². The molecule has 0 fully saturated rings. The molecule has 0 amide bonds. The van der Waals surface area contributed by atoms with Gasteiger partial charge in [0.15, 0.2) is 5.76 Å². The third kappa shape index (κ3) is 4.49. The van der Waals surface area contributed by atoms with Crippen molar-refractivity contribution in [3.05, 3.63) is 111 Å². The molecule has 0 atom stereocenters. The predicted molar refractivity (Wildman–Crippen MR) is 117 cm³/mol. The minimum absolute atomic E-state index is 0.0320. The number of ether oxygens (including phenoxy) is 1. The molecule has 31 heavy (non-hydrogen) atoms. The lowest BCUT2D eigenvalue weighted by Gasteiger charge is -2.06. The summed E-state index contributed by atoms with van der Waals surface area (Å²) in [4.78, 5) is 23.3. The van der Waals surface area contributed by atoms with Gasteiger partial charge in [0.05, 0.1) is 4.92 Å². The number of hydrogen-bond donors (Lipinski definition) is 0. The van der Waals surface area contributed by atoms with Crippen molar-refractivity contribution in [3.63, 3.8) is 0 Å². The lowest BCUT2D eigenvalue weighted by Crippen LogP contribution is -1.99. The van der Waals surface area contributed by atoms with E-state index in [2.05, 4.69) is 0 Å². The molecule has 0 aliphatic carbocycles. The topological polar surface area (TPSA) is 82.6 Å². The summed E-state index contributed by atoms with van der Waals surface area (Å²) in [5.41, 5.74) is 1.79. The summed E-state index contributed by atoms with van der Waals surface area (Å²) in [7, 11) is 0. The van der Waals surface area contributed by atoms with Gasteiger partial charge < -0.3 is 9.15 Å². The Balaban J connectivity index is 1.51. The fourth-order valence-corrected chi connectivity index (χ4v) is 3.17. The molecule has 7 heteroatoms. The third-order valence-electron chi connectivity index (χ3n) is 4.63. The van der Waals surface area contributed by atoms with Gasteiger partial charge in [-0.3, -0.25) is 14.9 Å². The van der Waals surface area contributed by atoms with Crippen molar-refractivity contribution >= 4 is 23.1 Å². The number of benzene rings is 3. The molecular weight excluding hydrogens is 418 g/mol. The van der Waals surface area contributed by atoms with E-state index in [0.717, 1.165) is 5.56 Å². The quantitative estimate of drug-likeness (QED) is 0.189. The number of rotatable bonds is 6. The normalized spacial score (nSPS) is 10.6. The Bertz CT molecular complexity index is 1260. The Morgan fingerprint density at radius 1 is 0.935 bits per heavy atom. The Kier molecular flexibility index (Phi) is 5.56. The van der Waals surface area contributed by atoms with Gasteiger partial charge in [-0.1, -0.05) is 29.3 Å². The fraction of sp³-hybridized carbons (Fsp3) is 0.0417. The number of carbonyl (C=O) groups is 1. The van der Waals surface area contributed by atoms with Gasteiger partial charge in [0.1, 0.15) is 22.3 Å². The Morgan fingerprint density at radius 2 is 1.58 bits per heavy atom. The van der Waals surface area contributed by atoms with E-state index in [1.54, 1.807) is 36.4 Å². The SMILES string of the molecule is Cc1ccc(Oc2ccc(C(=O)c3ccc(-c4ccc(Cl)c([N+](=O)[O-])c4)o3)cc2)cc1. The summed E-state index contributed by atoms with van der Waals surface area (Å²) < 4.78 is 11.4. The largest absolute Gasteiger partial charge is 0.457 e. The second kappa shape index (κ2) is 8.45. The van der Waals surface area contributed by atoms with Crippen LogP contribution in [-0.4, -0.2) is 10.7 Å². The number of carbonyl (C=O) groups excluding carboxylic acids is 1. The Morgan fingerprint density at radius 3 is 2.23 bits per heavy atom. The molecule has 3 aromatic carbocycles. The van der Waals surface area contributed by atoms with E-state index in [-0.39, 0.29) is 22.3 Å². The Labute approximate surface area is 182 Å². The number of ketones is 1. The fourth-order valence-electron chi connectivity index (χ4n) is 2.98. The van der Waals surface area contributed by atoms with Gasteiger partial charge >= 0.3 is 0 Å². The highest BCUT2D eigenvalue weighted by Gasteiger charge is 2.18. The van der Waals surface area contributed by atoms with Crippen molar-refractivity contribution in [2.75, 3.05) is 0 Å². The molecule has 4 aromatic rings. The van der Waals surface area contributed by atoms with Crippen LogP contribution in [0.1, 0.15) is 21.7 Å². The maximum Gasteiger partial charge on any atom is 0.288 e. The van der Waals surface area contributed by atoms with E-state index in [4.69, 9.17) is 20.8 Å². The molecule has 6 nitrogen and oxygen atoms in total. The van der Waals surface area contributed by atoms with E-state index in [1.165, 1.54) is 18.2 Å². The molecule has 1 heterocycles. The van der Waals surface area contributed by atoms with Crippen molar-refractivity contribution < 1.29 is 18.9 Å². The van der Waals surface area contributed by atoms with E-state index < -0.39 is 4.92 Å². The highest BCUT2D eigenvalue weighted by Crippen LogP contribution is 2.32. The number of halogens is 1. The molecule has 0 saturated heterocycles. The summed E-state index contributed by atoms with van der Waals surface area (Å²) in [6.45, 7) is 2.00. The number of nitro benzene ring substituents is 1. The van der Waals surface area contributed by atoms with E-state index in [9.17, 15) is 14.9 Å². The first-order valence-corrected chi connectivity index (χ1v) is 9.72. The molecule has 4 rings (SSSR count). The van der Waals surface area contributed by atoms with Crippen molar-refractivity contribution in [1.82, 2.24) is 0 Å². The molecule has 154 valence electrons. The average molecular weight is 434 g/mol. The van der Waals surface area contributed by atoms with Crippen LogP contribution in [0.3, 0.4) is 0 Å². The summed E-state index contributed by atoms with van der Waals surface area (Å²) in [5.74, 6) is 1.46. The summed E-state index contributed by atoms with van der Waals surface area (Å²) in [6.07, 6.45) is 0. The monoisotopic (exact) mass is 433 g/mol. The number of nitrogens with zero attached hydrogens (tertiary/aromatic N) is 1. The molecule has 0 aliphatic heterocycles. The maximum absolute atomic E-state index is 12.8. The minimum Gasteiger partial charge on any atom is -0.457 e. The molecule has 0 unspecified atom stereocenters. The van der Waals surface area contributed by atoms with Gasteiger partial charge in [0.2, 0.25) is 5.78 Å². The summed E-state index contributed by atoms with van der Waals surface area (Å²) in [6, 6.07) is 21.8. The van der Waals surface area contributed by atoms with Crippen molar-refractivity contribution in [2.45, 2.75) is 6.92 Å². The average Bonchev–Trinajstić information content (AvgIpc) is 3.26. The van der Waals surface area contributed by atoms with Crippen LogP contribution in [0.15, 0.2) is 83.3 Å². The number of aryl methyl sites for hydroxylation is 1. The molecule has 0 radical (unpaired) electrons. The smallest absolute Gasteiger partial charge is 0.288 e. The first-order valence-electron chi connectivity index (χ1n) is 9.34. The maximum atomic E-state index is 12.8. The van der Waals surface area contributed by atoms with E-state index in [1.807, 2.05) is 31.2 Å². The van der Waals surface area contributed by atoms with E-state index >= 15 is 0 Å². The molecule has 0 aliphatic rings. The molecule has 0 bridgehead atoms.